The summed E-state index contributed by atoms with van der Waals surface area (Å²) in [6.45, 7) is 5.76. The summed E-state index contributed by atoms with van der Waals surface area (Å²) in [5.41, 5.74) is 0. The third-order valence-corrected chi connectivity index (χ3v) is 4.73. The van der Waals surface area contributed by atoms with Crippen molar-refractivity contribution in [2.24, 2.45) is 0 Å². The minimum Gasteiger partial charge on any atom is -0.384 e. The van der Waals surface area contributed by atoms with Gasteiger partial charge in [-0.05, 0) is 12.8 Å². The molecule has 2 heteroatoms. The van der Waals surface area contributed by atoms with Crippen LogP contribution in [0, 0.1) is 0 Å². The summed E-state index contributed by atoms with van der Waals surface area (Å²) < 4.78 is 6.30. The fourth-order valence-corrected chi connectivity index (χ4v) is 3.13. The Labute approximate surface area is 141 Å². The van der Waals surface area contributed by atoms with E-state index in [0.717, 1.165) is 11.1 Å². The van der Waals surface area contributed by atoms with Gasteiger partial charge in [-0.2, -0.15) is 0 Å². The molecule has 0 aromatic carbocycles. The minimum absolute atomic E-state index is 0.903. The molecular formula is C20H44NO+. The first-order valence-electron chi connectivity index (χ1n) is 9.93. The lowest BCUT2D eigenvalue weighted by atomic mass is 10.1. The Morgan fingerprint density at radius 3 is 1.45 bits per heavy atom. The van der Waals surface area contributed by atoms with E-state index in [1.807, 2.05) is 0 Å². The van der Waals surface area contributed by atoms with E-state index in [1.54, 1.807) is 7.11 Å². The van der Waals surface area contributed by atoms with E-state index in [-0.39, 0.29) is 0 Å². The molecular weight excluding hydrogens is 270 g/mol. The van der Waals surface area contributed by atoms with Gasteiger partial charge in [-0.3, -0.25) is 0 Å². The molecule has 0 spiro atoms. The molecule has 0 saturated carbocycles. The second-order valence-electron chi connectivity index (χ2n) is 7.62. The molecule has 0 saturated heterocycles. The van der Waals surface area contributed by atoms with E-state index in [0.29, 0.717) is 0 Å². The van der Waals surface area contributed by atoms with Crippen molar-refractivity contribution in [2.75, 3.05) is 40.9 Å². The van der Waals surface area contributed by atoms with Gasteiger partial charge in [0.2, 0.25) is 0 Å². The highest BCUT2D eigenvalue weighted by atomic mass is 16.5. The van der Waals surface area contributed by atoms with E-state index in [1.165, 1.54) is 96.6 Å². The van der Waals surface area contributed by atoms with Crippen LogP contribution in [0.15, 0.2) is 0 Å². The van der Waals surface area contributed by atoms with Crippen molar-refractivity contribution in [3.05, 3.63) is 0 Å². The number of methoxy groups -OCH3 is 1. The first-order chi connectivity index (χ1) is 10.6. The number of ether oxygens (including phenoxy) is 1. The summed E-state index contributed by atoms with van der Waals surface area (Å²) in [6.07, 6.45) is 18.4. The Morgan fingerprint density at radius 1 is 0.591 bits per heavy atom. The first kappa shape index (κ1) is 21.9. The van der Waals surface area contributed by atoms with Crippen molar-refractivity contribution in [3.63, 3.8) is 0 Å². The molecule has 0 radical (unpaired) electrons. The lowest BCUT2D eigenvalue weighted by Crippen LogP contribution is -2.41. The molecule has 0 bridgehead atoms. The van der Waals surface area contributed by atoms with Gasteiger partial charge < -0.3 is 9.22 Å². The van der Waals surface area contributed by atoms with Crippen molar-refractivity contribution in [2.45, 2.75) is 90.4 Å². The molecule has 0 fully saturated rings. The fourth-order valence-electron chi connectivity index (χ4n) is 3.13. The number of hydrogen-bond donors (Lipinski definition) is 0. The summed E-state index contributed by atoms with van der Waals surface area (Å²) in [6, 6.07) is 0. The molecule has 22 heavy (non-hydrogen) atoms. The zero-order chi connectivity index (χ0) is 16.5. The second kappa shape index (κ2) is 15.8. The molecule has 0 aliphatic rings. The number of hydrogen-bond acceptors (Lipinski definition) is 1. The van der Waals surface area contributed by atoms with E-state index in [2.05, 4.69) is 21.0 Å². The molecule has 0 unspecified atom stereocenters. The molecule has 0 aromatic rings. The summed E-state index contributed by atoms with van der Waals surface area (Å²) in [7, 11) is 6.51. The summed E-state index contributed by atoms with van der Waals surface area (Å²) in [4.78, 5) is 0. The largest absolute Gasteiger partial charge is 0.384 e. The third kappa shape index (κ3) is 16.3. The third-order valence-electron chi connectivity index (χ3n) is 4.73. The summed E-state index contributed by atoms with van der Waals surface area (Å²) >= 11 is 0. The zero-order valence-electron chi connectivity index (χ0n) is 16.2. The van der Waals surface area contributed by atoms with Gasteiger partial charge in [-0.15, -0.1) is 0 Å². The SMILES string of the molecule is CCCCCCCCCCCCCC[N+](C)(C)CCCOC. The van der Waals surface area contributed by atoms with E-state index >= 15 is 0 Å². The van der Waals surface area contributed by atoms with Gasteiger partial charge in [0.05, 0.1) is 33.8 Å². The predicted octanol–water partition coefficient (Wildman–Crippen LogP) is 5.80. The summed E-state index contributed by atoms with van der Waals surface area (Å²) in [5, 5.41) is 0. The number of quaternary nitrogens is 1. The molecule has 0 aliphatic heterocycles. The Hall–Kier alpha value is -0.0800. The minimum atomic E-state index is 0.903. The highest BCUT2D eigenvalue weighted by molar-refractivity contribution is 4.49. The van der Waals surface area contributed by atoms with Crippen LogP contribution in [0.25, 0.3) is 0 Å². The van der Waals surface area contributed by atoms with Crippen LogP contribution in [0.1, 0.15) is 90.4 Å². The molecule has 0 amide bonds. The second-order valence-corrected chi connectivity index (χ2v) is 7.62. The molecule has 0 atom stereocenters. The van der Waals surface area contributed by atoms with Crippen LogP contribution < -0.4 is 0 Å². The molecule has 2 nitrogen and oxygen atoms in total. The number of nitrogens with zero attached hydrogens (tertiary/aromatic N) is 1. The normalized spacial score (nSPS) is 12.0. The van der Waals surface area contributed by atoms with Crippen LogP contribution >= 0.6 is 0 Å². The molecule has 0 rings (SSSR count). The van der Waals surface area contributed by atoms with Crippen LogP contribution in [0.4, 0.5) is 0 Å². The average molecular weight is 315 g/mol. The van der Waals surface area contributed by atoms with Crippen molar-refractivity contribution in [3.8, 4) is 0 Å². The lowest BCUT2D eigenvalue weighted by molar-refractivity contribution is -0.890. The predicted molar refractivity (Wildman–Crippen MR) is 99.4 cm³/mol. The Bertz CT molecular complexity index is 216. The van der Waals surface area contributed by atoms with Gasteiger partial charge in [0.15, 0.2) is 0 Å². The van der Waals surface area contributed by atoms with Crippen molar-refractivity contribution < 1.29 is 9.22 Å². The molecule has 0 heterocycles. The van der Waals surface area contributed by atoms with Gasteiger partial charge in [-0.25, -0.2) is 0 Å². The topological polar surface area (TPSA) is 9.23 Å². The van der Waals surface area contributed by atoms with Gasteiger partial charge in [0, 0.05) is 13.5 Å². The van der Waals surface area contributed by atoms with Crippen LogP contribution in [-0.2, 0) is 4.74 Å². The van der Waals surface area contributed by atoms with Crippen LogP contribution in [-0.4, -0.2) is 45.4 Å². The van der Waals surface area contributed by atoms with E-state index in [4.69, 9.17) is 4.74 Å². The maximum absolute atomic E-state index is 5.14. The fraction of sp³-hybridized carbons (Fsp3) is 1.00. The lowest BCUT2D eigenvalue weighted by Gasteiger charge is -2.29. The zero-order valence-corrected chi connectivity index (χ0v) is 16.2. The van der Waals surface area contributed by atoms with Crippen LogP contribution in [0.5, 0.6) is 0 Å². The molecule has 134 valence electrons. The van der Waals surface area contributed by atoms with Crippen LogP contribution in [0.2, 0.25) is 0 Å². The van der Waals surface area contributed by atoms with Crippen molar-refractivity contribution >= 4 is 0 Å². The quantitative estimate of drug-likeness (QED) is 0.243. The van der Waals surface area contributed by atoms with Crippen molar-refractivity contribution in [1.29, 1.82) is 0 Å². The Balaban J connectivity index is 3.22. The highest BCUT2D eigenvalue weighted by Crippen LogP contribution is 2.12. The molecule has 0 aromatic heterocycles. The monoisotopic (exact) mass is 314 g/mol. The maximum atomic E-state index is 5.14. The Kier molecular flexibility index (Phi) is 15.7. The van der Waals surface area contributed by atoms with Gasteiger partial charge in [0.25, 0.3) is 0 Å². The van der Waals surface area contributed by atoms with E-state index < -0.39 is 0 Å². The Morgan fingerprint density at radius 2 is 1.00 bits per heavy atom. The van der Waals surface area contributed by atoms with Crippen molar-refractivity contribution in [1.82, 2.24) is 0 Å². The number of unbranched alkanes of at least 4 members (excludes halogenated alkanes) is 11. The van der Waals surface area contributed by atoms with Gasteiger partial charge >= 0.3 is 0 Å². The average Bonchev–Trinajstić information content (AvgIpc) is 2.48. The molecule has 0 N–H and O–H groups in total. The first-order valence-corrected chi connectivity index (χ1v) is 9.93. The number of rotatable bonds is 17. The summed E-state index contributed by atoms with van der Waals surface area (Å²) in [5.74, 6) is 0. The standard InChI is InChI=1S/C20H44NO/c1-5-6-7-8-9-10-11-12-13-14-15-16-18-21(2,3)19-17-20-22-4/h5-20H2,1-4H3/q+1. The maximum Gasteiger partial charge on any atom is 0.0804 e. The highest BCUT2D eigenvalue weighted by Gasteiger charge is 2.13. The van der Waals surface area contributed by atoms with E-state index in [9.17, 15) is 0 Å². The molecule has 0 aliphatic carbocycles. The smallest absolute Gasteiger partial charge is 0.0804 e. The van der Waals surface area contributed by atoms with Gasteiger partial charge in [-0.1, -0.05) is 71.1 Å². The van der Waals surface area contributed by atoms with Crippen LogP contribution in [0.3, 0.4) is 0 Å². The van der Waals surface area contributed by atoms with Gasteiger partial charge in [0.1, 0.15) is 0 Å².